The topological polar surface area (TPSA) is 52.6 Å². The first kappa shape index (κ1) is 15.8. The highest BCUT2D eigenvalue weighted by atomic mass is 16.4. The first-order valence-corrected chi connectivity index (χ1v) is 8.39. The standard InChI is InChI=1S/C16H30N2O2/c19-16(20)8-13-18-11-6-15(7-12-18)3-1-2-14-4-9-17-10-5-14/h14-15,17H,1-13H2,(H,19,20). The lowest BCUT2D eigenvalue weighted by Gasteiger charge is -2.32. The molecule has 2 saturated heterocycles. The Labute approximate surface area is 122 Å². The number of nitrogens with one attached hydrogen (secondary N) is 1. The second-order valence-corrected chi connectivity index (χ2v) is 6.55. The SMILES string of the molecule is O=C(O)CCN1CCC(CCCC2CCNCC2)CC1. The van der Waals surface area contributed by atoms with Gasteiger partial charge in [0.25, 0.3) is 0 Å². The Hall–Kier alpha value is -0.610. The summed E-state index contributed by atoms with van der Waals surface area (Å²) in [7, 11) is 0. The van der Waals surface area contributed by atoms with Crippen LogP contribution in [-0.2, 0) is 4.79 Å². The van der Waals surface area contributed by atoms with E-state index in [4.69, 9.17) is 5.11 Å². The Morgan fingerprint density at radius 2 is 1.65 bits per heavy atom. The van der Waals surface area contributed by atoms with E-state index in [-0.39, 0.29) is 0 Å². The molecule has 0 radical (unpaired) electrons. The van der Waals surface area contributed by atoms with Crippen LogP contribution in [0.15, 0.2) is 0 Å². The van der Waals surface area contributed by atoms with Crippen LogP contribution >= 0.6 is 0 Å². The minimum atomic E-state index is -0.672. The van der Waals surface area contributed by atoms with E-state index in [1.807, 2.05) is 0 Å². The van der Waals surface area contributed by atoms with Crippen molar-refractivity contribution in [1.29, 1.82) is 0 Å². The van der Waals surface area contributed by atoms with Crippen molar-refractivity contribution < 1.29 is 9.90 Å². The molecule has 0 amide bonds. The number of nitrogens with zero attached hydrogens (tertiary/aromatic N) is 1. The van der Waals surface area contributed by atoms with Gasteiger partial charge in [0.05, 0.1) is 6.42 Å². The van der Waals surface area contributed by atoms with Gasteiger partial charge in [-0.25, -0.2) is 0 Å². The Kier molecular flexibility index (Phi) is 6.80. The van der Waals surface area contributed by atoms with E-state index in [0.29, 0.717) is 6.42 Å². The van der Waals surface area contributed by atoms with E-state index in [1.54, 1.807) is 0 Å². The molecule has 0 spiro atoms. The van der Waals surface area contributed by atoms with Crippen LogP contribution in [0.4, 0.5) is 0 Å². The van der Waals surface area contributed by atoms with Gasteiger partial charge in [0.15, 0.2) is 0 Å². The maximum absolute atomic E-state index is 10.6. The van der Waals surface area contributed by atoms with Gasteiger partial charge in [-0.2, -0.15) is 0 Å². The van der Waals surface area contributed by atoms with Gasteiger partial charge in [0.2, 0.25) is 0 Å². The third kappa shape index (κ3) is 5.80. The largest absolute Gasteiger partial charge is 0.481 e. The van der Waals surface area contributed by atoms with E-state index in [9.17, 15) is 4.79 Å². The van der Waals surface area contributed by atoms with Crippen molar-refractivity contribution in [3.63, 3.8) is 0 Å². The van der Waals surface area contributed by atoms with Crippen molar-refractivity contribution in [2.75, 3.05) is 32.7 Å². The average molecular weight is 282 g/mol. The molecule has 20 heavy (non-hydrogen) atoms. The fourth-order valence-electron chi connectivity index (χ4n) is 3.62. The normalized spacial score (nSPS) is 23.0. The van der Waals surface area contributed by atoms with Crippen molar-refractivity contribution in [1.82, 2.24) is 10.2 Å². The molecule has 0 aliphatic carbocycles. The molecule has 0 aromatic heterocycles. The molecule has 2 aliphatic rings. The second kappa shape index (κ2) is 8.63. The van der Waals surface area contributed by atoms with Crippen molar-refractivity contribution in [2.45, 2.75) is 51.4 Å². The highest BCUT2D eigenvalue weighted by Crippen LogP contribution is 2.25. The highest BCUT2D eigenvalue weighted by Gasteiger charge is 2.20. The zero-order valence-electron chi connectivity index (χ0n) is 12.6. The molecule has 0 unspecified atom stereocenters. The van der Waals surface area contributed by atoms with Crippen LogP contribution in [-0.4, -0.2) is 48.7 Å². The third-order valence-corrected chi connectivity index (χ3v) is 5.03. The van der Waals surface area contributed by atoms with Crippen molar-refractivity contribution in [3.05, 3.63) is 0 Å². The summed E-state index contributed by atoms with van der Waals surface area (Å²) in [4.78, 5) is 12.9. The van der Waals surface area contributed by atoms with E-state index in [2.05, 4.69) is 10.2 Å². The summed E-state index contributed by atoms with van der Waals surface area (Å²) in [6.07, 6.45) is 9.77. The van der Waals surface area contributed by atoms with Gasteiger partial charge in [-0.3, -0.25) is 4.79 Å². The monoisotopic (exact) mass is 282 g/mol. The number of hydrogen-bond donors (Lipinski definition) is 2. The van der Waals surface area contributed by atoms with Gasteiger partial charge < -0.3 is 15.3 Å². The number of hydrogen-bond acceptors (Lipinski definition) is 3. The quantitative estimate of drug-likeness (QED) is 0.752. The summed E-state index contributed by atoms with van der Waals surface area (Å²) in [5.74, 6) is 1.18. The third-order valence-electron chi connectivity index (χ3n) is 5.03. The van der Waals surface area contributed by atoms with Crippen LogP contribution in [0.25, 0.3) is 0 Å². The molecule has 2 heterocycles. The molecule has 0 aromatic carbocycles. The lowest BCUT2D eigenvalue weighted by atomic mass is 9.87. The van der Waals surface area contributed by atoms with Gasteiger partial charge in [-0.15, -0.1) is 0 Å². The van der Waals surface area contributed by atoms with Gasteiger partial charge in [-0.05, 0) is 63.7 Å². The summed E-state index contributed by atoms with van der Waals surface area (Å²) < 4.78 is 0. The minimum Gasteiger partial charge on any atom is -0.481 e. The summed E-state index contributed by atoms with van der Waals surface area (Å²) in [6.45, 7) is 5.37. The average Bonchev–Trinajstić information content (AvgIpc) is 2.47. The first-order valence-electron chi connectivity index (χ1n) is 8.39. The number of likely N-dealkylation sites (tertiary alicyclic amines) is 1. The van der Waals surface area contributed by atoms with Crippen LogP contribution in [0.2, 0.25) is 0 Å². The predicted octanol–water partition coefficient (Wildman–Crippen LogP) is 2.34. The van der Waals surface area contributed by atoms with Crippen LogP contribution in [0.3, 0.4) is 0 Å². The molecular formula is C16H30N2O2. The molecule has 116 valence electrons. The van der Waals surface area contributed by atoms with Crippen LogP contribution in [0.1, 0.15) is 51.4 Å². The Balaban J connectivity index is 1.52. The fraction of sp³-hybridized carbons (Fsp3) is 0.938. The molecule has 4 nitrogen and oxygen atoms in total. The van der Waals surface area contributed by atoms with E-state index in [1.165, 1.54) is 58.0 Å². The predicted molar refractivity (Wildman–Crippen MR) is 80.9 cm³/mol. The Morgan fingerprint density at radius 1 is 1.05 bits per heavy atom. The molecule has 2 rings (SSSR count). The van der Waals surface area contributed by atoms with Gasteiger partial charge in [0.1, 0.15) is 0 Å². The molecule has 2 aliphatic heterocycles. The molecular weight excluding hydrogens is 252 g/mol. The number of carboxylic acids is 1. The molecule has 0 aromatic rings. The molecule has 0 saturated carbocycles. The number of piperidine rings is 2. The van der Waals surface area contributed by atoms with E-state index in [0.717, 1.165) is 31.5 Å². The van der Waals surface area contributed by atoms with E-state index >= 15 is 0 Å². The lowest BCUT2D eigenvalue weighted by Crippen LogP contribution is -2.35. The molecule has 4 heteroatoms. The van der Waals surface area contributed by atoms with Gasteiger partial charge >= 0.3 is 5.97 Å². The maximum atomic E-state index is 10.6. The zero-order valence-corrected chi connectivity index (χ0v) is 12.6. The lowest BCUT2D eigenvalue weighted by molar-refractivity contribution is -0.137. The molecule has 2 N–H and O–H groups in total. The molecule has 2 fully saturated rings. The van der Waals surface area contributed by atoms with Crippen molar-refractivity contribution >= 4 is 5.97 Å². The van der Waals surface area contributed by atoms with Crippen LogP contribution in [0.5, 0.6) is 0 Å². The highest BCUT2D eigenvalue weighted by molar-refractivity contribution is 5.66. The first-order chi connectivity index (χ1) is 9.74. The van der Waals surface area contributed by atoms with Crippen molar-refractivity contribution in [2.24, 2.45) is 11.8 Å². The van der Waals surface area contributed by atoms with Gasteiger partial charge in [-0.1, -0.05) is 19.3 Å². The minimum absolute atomic E-state index is 0.292. The van der Waals surface area contributed by atoms with Crippen LogP contribution in [0, 0.1) is 11.8 Å². The fourth-order valence-corrected chi connectivity index (χ4v) is 3.62. The van der Waals surface area contributed by atoms with Crippen LogP contribution < -0.4 is 5.32 Å². The second-order valence-electron chi connectivity index (χ2n) is 6.55. The van der Waals surface area contributed by atoms with Crippen molar-refractivity contribution in [3.8, 4) is 0 Å². The van der Waals surface area contributed by atoms with Gasteiger partial charge in [0, 0.05) is 6.54 Å². The smallest absolute Gasteiger partial charge is 0.304 e. The summed E-state index contributed by atoms with van der Waals surface area (Å²) in [5, 5.41) is 12.1. The number of aliphatic carboxylic acids is 1. The Morgan fingerprint density at radius 3 is 2.25 bits per heavy atom. The van der Waals surface area contributed by atoms with E-state index < -0.39 is 5.97 Å². The number of carboxylic acid groups (broad SMARTS) is 1. The summed E-state index contributed by atoms with van der Waals surface area (Å²) in [6, 6.07) is 0. The molecule has 0 atom stereocenters. The Bertz CT molecular complexity index is 282. The summed E-state index contributed by atoms with van der Waals surface area (Å²) >= 11 is 0. The number of rotatable bonds is 7. The number of carbonyl (C=O) groups is 1. The zero-order chi connectivity index (χ0) is 14.2. The molecule has 0 bridgehead atoms. The maximum Gasteiger partial charge on any atom is 0.304 e. The summed E-state index contributed by atoms with van der Waals surface area (Å²) in [5.41, 5.74) is 0.